The van der Waals surface area contributed by atoms with Gasteiger partial charge in [-0.15, -0.1) is 0 Å². The topological polar surface area (TPSA) is 43.4 Å². The molecule has 10 rings (SSSR count). The first-order valence-electron chi connectivity index (χ1n) is 13.5. The van der Waals surface area contributed by atoms with Gasteiger partial charge in [0.1, 0.15) is 0 Å². The normalized spacial score (nSPS) is 24.6. The maximum atomic E-state index is 13.8. The molecule has 1 fully saturated rings. The van der Waals surface area contributed by atoms with Crippen LogP contribution in [-0.4, -0.2) is 11.9 Å². The molecule has 2 bridgehead atoms. The molecule has 39 heavy (non-hydrogen) atoms. The Labute approximate surface area is 225 Å². The number of cyclic esters (lactones) is 2. The largest absolute Gasteiger partial charge is 0.393 e. The number of hydrogen-bond donors (Lipinski definition) is 0. The van der Waals surface area contributed by atoms with Crippen LogP contribution >= 0.6 is 0 Å². The lowest BCUT2D eigenvalue weighted by Gasteiger charge is -2.52. The molecule has 5 aromatic rings. The highest BCUT2D eigenvalue weighted by Crippen LogP contribution is 2.72. The van der Waals surface area contributed by atoms with E-state index in [4.69, 9.17) is 4.74 Å². The second-order valence-corrected chi connectivity index (χ2v) is 11.0. The molecular weight excluding hydrogens is 480 g/mol. The number of fused-ring (bicyclic) bond motifs is 2. The summed E-state index contributed by atoms with van der Waals surface area (Å²) in [7, 11) is 0. The fourth-order valence-electron chi connectivity index (χ4n) is 8.33. The van der Waals surface area contributed by atoms with Crippen LogP contribution in [0, 0.1) is 11.8 Å². The van der Waals surface area contributed by atoms with E-state index >= 15 is 0 Å². The van der Waals surface area contributed by atoms with Crippen LogP contribution in [0.1, 0.15) is 33.7 Å². The van der Waals surface area contributed by atoms with E-state index in [1.807, 2.05) is 18.2 Å². The van der Waals surface area contributed by atoms with Crippen molar-refractivity contribution < 1.29 is 14.3 Å². The zero-order chi connectivity index (χ0) is 25.9. The van der Waals surface area contributed by atoms with E-state index in [2.05, 4.69) is 97.1 Å². The molecule has 1 heterocycles. The molecule has 0 radical (unpaired) electrons. The van der Waals surface area contributed by atoms with Gasteiger partial charge in [-0.1, -0.05) is 115 Å². The van der Waals surface area contributed by atoms with Crippen molar-refractivity contribution in [2.45, 2.75) is 11.3 Å². The van der Waals surface area contributed by atoms with Gasteiger partial charge in [-0.3, -0.25) is 9.59 Å². The lowest BCUT2D eigenvalue weighted by molar-refractivity contribution is -0.154. The standard InChI is InChI=1S/C36H22O3/c37-34-30-28-24-14-7-8-17-27(24)36(33(30)35(38)39-34)31-25(28)15-9-16-26(31)29-22(20-10-3-1-4-11-20)18-19-23(32(29)36)21-12-5-2-6-13-21/h1-19,28,30,33H/t28-,30+,33-,36+/m0/s1. The fourth-order valence-corrected chi connectivity index (χ4v) is 8.33. The predicted octanol–water partition coefficient (Wildman–Crippen LogP) is 7.11. The molecular formula is C36H22O3. The van der Waals surface area contributed by atoms with Crippen molar-refractivity contribution >= 4 is 11.9 Å². The van der Waals surface area contributed by atoms with E-state index in [1.165, 1.54) is 5.56 Å². The molecule has 184 valence electrons. The minimum absolute atomic E-state index is 0.198. The summed E-state index contributed by atoms with van der Waals surface area (Å²) in [5.41, 5.74) is 11.7. The fraction of sp³-hybridized carbons (Fsp3) is 0.111. The van der Waals surface area contributed by atoms with Gasteiger partial charge in [0.15, 0.2) is 0 Å². The van der Waals surface area contributed by atoms with E-state index in [9.17, 15) is 9.59 Å². The minimum Gasteiger partial charge on any atom is -0.393 e. The third-order valence-corrected chi connectivity index (χ3v) is 9.50. The first-order chi connectivity index (χ1) is 19.2. The average Bonchev–Trinajstić information content (AvgIpc) is 3.47. The molecule has 0 unspecified atom stereocenters. The molecule has 5 aliphatic rings. The van der Waals surface area contributed by atoms with Crippen molar-refractivity contribution in [2.75, 3.05) is 0 Å². The lowest BCUT2D eigenvalue weighted by atomic mass is 9.46. The quantitative estimate of drug-likeness (QED) is 0.191. The van der Waals surface area contributed by atoms with Gasteiger partial charge in [0.2, 0.25) is 0 Å². The molecule has 4 atom stereocenters. The summed E-state index contributed by atoms with van der Waals surface area (Å²) in [6, 6.07) is 40.2. The molecule has 0 amide bonds. The zero-order valence-electron chi connectivity index (χ0n) is 20.9. The van der Waals surface area contributed by atoms with E-state index in [0.717, 1.165) is 55.6 Å². The number of benzene rings is 5. The van der Waals surface area contributed by atoms with E-state index in [1.54, 1.807) is 0 Å². The number of carbonyl (C=O) groups is 2. The summed E-state index contributed by atoms with van der Waals surface area (Å²) in [5, 5.41) is 0. The van der Waals surface area contributed by atoms with Gasteiger partial charge >= 0.3 is 11.9 Å². The molecule has 3 nitrogen and oxygen atoms in total. The van der Waals surface area contributed by atoms with Crippen molar-refractivity contribution in [3.63, 3.8) is 0 Å². The molecule has 0 aromatic heterocycles. The molecule has 4 aliphatic carbocycles. The maximum absolute atomic E-state index is 13.8. The Balaban J connectivity index is 1.53. The van der Waals surface area contributed by atoms with Gasteiger partial charge in [-0.05, 0) is 61.2 Å². The lowest BCUT2D eigenvalue weighted by Crippen LogP contribution is -2.53. The molecule has 0 saturated carbocycles. The highest BCUT2D eigenvalue weighted by molar-refractivity contribution is 6.07. The van der Waals surface area contributed by atoms with Gasteiger partial charge < -0.3 is 4.74 Å². The van der Waals surface area contributed by atoms with Gasteiger partial charge in [0.05, 0.1) is 17.3 Å². The first-order valence-corrected chi connectivity index (χ1v) is 13.5. The van der Waals surface area contributed by atoms with E-state index < -0.39 is 29.2 Å². The summed E-state index contributed by atoms with van der Waals surface area (Å²) in [6.07, 6.45) is 0. The molecule has 1 aliphatic heterocycles. The highest BCUT2D eigenvalue weighted by Gasteiger charge is 2.71. The van der Waals surface area contributed by atoms with E-state index in [-0.39, 0.29) is 5.92 Å². The smallest absolute Gasteiger partial charge is 0.319 e. The third-order valence-electron chi connectivity index (χ3n) is 9.50. The van der Waals surface area contributed by atoms with Gasteiger partial charge in [0.25, 0.3) is 0 Å². The van der Waals surface area contributed by atoms with Crippen LogP contribution in [-0.2, 0) is 19.7 Å². The summed E-state index contributed by atoms with van der Waals surface area (Å²) in [5.74, 6) is -2.13. The molecule has 3 heteroatoms. The van der Waals surface area contributed by atoms with Crippen molar-refractivity contribution in [3.8, 4) is 33.4 Å². The van der Waals surface area contributed by atoms with Crippen molar-refractivity contribution in [1.82, 2.24) is 0 Å². The average molecular weight is 503 g/mol. The summed E-state index contributed by atoms with van der Waals surface area (Å²) in [4.78, 5) is 27.2. The Kier molecular flexibility index (Phi) is 3.92. The Morgan fingerprint density at radius 2 is 1.18 bits per heavy atom. The van der Waals surface area contributed by atoms with Gasteiger partial charge in [-0.2, -0.15) is 0 Å². The predicted molar refractivity (Wildman–Crippen MR) is 149 cm³/mol. The van der Waals surface area contributed by atoms with Gasteiger partial charge in [0, 0.05) is 5.92 Å². The zero-order valence-corrected chi connectivity index (χ0v) is 20.9. The highest BCUT2D eigenvalue weighted by atomic mass is 16.6. The third kappa shape index (κ3) is 2.36. The SMILES string of the molecule is O=C1OC(=O)[C@@H]2[C@H]1[C@H]1c3ccccc3[C@]23c2c(cccc21)-c1c(-c2ccccc2)ccc(-c2ccccc2)c13. The Bertz CT molecular complexity index is 1890. The number of esters is 2. The van der Waals surface area contributed by atoms with Crippen LogP contribution in [0.4, 0.5) is 0 Å². The first kappa shape index (κ1) is 21.2. The summed E-state index contributed by atoms with van der Waals surface area (Å²) >= 11 is 0. The molecule has 0 N–H and O–H groups in total. The second kappa shape index (κ2) is 7.21. The van der Waals surface area contributed by atoms with E-state index in [0.29, 0.717) is 0 Å². The van der Waals surface area contributed by atoms with Crippen molar-refractivity contribution in [2.24, 2.45) is 11.8 Å². The van der Waals surface area contributed by atoms with Gasteiger partial charge in [-0.25, -0.2) is 0 Å². The van der Waals surface area contributed by atoms with Crippen molar-refractivity contribution in [3.05, 3.63) is 143 Å². The maximum Gasteiger partial charge on any atom is 0.319 e. The Hall–Kier alpha value is -4.76. The number of hydrogen-bond acceptors (Lipinski definition) is 3. The second-order valence-electron chi connectivity index (χ2n) is 11.0. The van der Waals surface area contributed by atoms with Crippen molar-refractivity contribution in [1.29, 1.82) is 0 Å². The number of rotatable bonds is 2. The summed E-state index contributed by atoms with van der Waals surface area (Å²) in [6.45, 7) is 0. The Morgan fingerprint density at radius 3 is 1.95 bits per heavy atom. The summed E-state index contributed by atoms with van der Waals surface area (Å²) < 4.78 is 5.50. The molecule has 1 spiro atoms. The van der Waals surface area contributed by atoms with Crippen LogP contribution in [0.15, 0.2) is 115 Å². The Morgan fingerprint density at radius 1 is 0.538 bits per heavy atom. The monoisotopic (exact) mass is 502 g/mol. The van der Waals surface area contributed by atoms with Crippen LogP contribution in [0.5, 0.6) is 0 Å². The van der Waals surface area contributed by atoms with Crippen LogP contribution in [0.3, 0.4) is 0 Å². The molecule has 1 saturated heterocycles. The van der Waals surface area contributed by atoms with Crippen LogP contribution in [0.25, 0.3) is 33.4 Å². The van der Waals surface area contributed by atoms with Crippen LogP contribution < -0.4 is 0 Å². The van der Waals surface area contributed by atoms with Crippen LogP contribution in [0.2, 0.25) is 0 Å². The number of ether oxygens (including phenoxy) is 1. The number of carbonyl (C=O) groups excluding carboxylic acids is 2. The molecule has 5 aromatic carbocycles. The minimum atomic E-state index is -0.809.